The van der Waals surface area contributed by atoms with E-state index in [-0.39, 0.29) is 0 Å². The van der Waals surface area contributed by atoms with Gasteiger partial charge in [-0.15, -0.1) is 5.06 Å². The fourth-order valence-corrected chi connectivity index (χ4v) is 2.30. The Kier molecular flexibility index (Phi) is 9.51. The minimum absolute atomic E-state index is 0.488. The maximum absolute atomic E-state index is 11.3. The van der Waals surface area contributed by atoms with Crippen LogP contribution in [-0.4, -0.2) is 30.9 Å². The highest BCUT2D eigenvalue weighted by atomic mass is 16.8. The van der Waals surface area contributed by atoms with Crippen LogP contribution in [0.15, 0.2) is 0 Å². The highest BCUT2D eigenvalue weighted by Gasteiger charge is 2.16. The van der Waals surface area contributed by atoms with E-state index in [1.54, 1.807) is 5.06 Å². The second-order valence-electron chi connectivity index (χ2n) is 5.30. The van der Waals surface area contributed by atoms with Gasteiger partial charge in [-0.2, -0.15) is 0 Å². The number of hydroxylamine groups is 2. The summed E-state index contributed by atoms with van der Waals surface area (Å²) in [5.41, 5.74) is 0. The third-order valence-corrected chi connectivity index (χ3v) is 3.49. The third-order valence-electron chi connectivity index (χ3n) is 3.49. The molecule has 4 heteroatoms. The third kappa shape index (κ3) is 8.87. The summed E-state index contributed by atoms with van der Waals surface area (Å²) in [5, 5.41) is 1.69. The molecule has 1 aliphatic rings. The number of nitrogens with zero attached hydrogens (tertiary/aromatic N) is 1. The highest BCUT2D eigenvalue weighted by molar-refractivity contribution is 5.59. The summed E-state index contributed by atoms with van der Waals surface area (Å²) in [6.45, 7) is 4.40. The molecule has 0 aromatic heterocycles. The monoisotopic (exact) mass is 271 g/mol. The van der Waals surface area contributed by atoms with Crippen LogP contribution in [0.4, 0.5) is 4.79 Å². The normalized spacial score (nSPS) is 15.6. The molecule has 0 aliphatic carbocycles. The van der Waals surface area contributed by atoms with Crippen molar-refractivity contribution in [3.8, 4) is 0 Å². The predicted octanol–water partition coefficient (Wildman–Crippen LogP) is 4.29. The first-order valence-electron chi connectivity index (χ1n) is 7.92. The van der Waals surface area contributed by atoms with Gasteiger partial charge in [0.15, 0.2) is 0 Å². The maximum Gasteiger partial charge on any atom is 0.527 e. The van der Waals surface area contributed by atoms with Crippen LogP contribution < -0.4 is 0 Å². The molecular weight excluding hydrogens is 242 g/mol. The lowest BCUT2D eigenvalue weighted by atomic mass is 10.1. The number of ether oxygens (including phenoxy) is 1. The average molecular weight is 271 g/mol. The molecular formula is C15H29NO3. The zero-order valence-corrected chi connectivity index (χ0v) is 12.4. The Bertz CT molecular complexity index is 227. The van der Waals surface area contributed by atoms with Gasteiger partial charge in [0, 0.05) is 13.1 Å². The summed E-state index contributed by atoms with van der Waals surface area (Å²) in [6, 6.07) is 0. The van der Waals surface area contributed by atoms with Gasteiger partial charge in [0.05, 0.1) is 6.61 Å². The van der Waals surface area contributed by atoms with Crippen LogP contribution in [-0.2, 0) is 9.57 Å². The van der Waals surface area contributed by atoms with Gasteiger partial charge in [-0.05, 0) is 19.3 Å². The summed E-state index contributed by atoms with van der Waals surface area (Å²) in [6.07, 6.45) is 11.7. The molecule has 1 heterocycles. The van der Waals surface area contributed by atoms with Gasteiger partial charge in [0.2, 0.25) is 0 Å². The molecule has 0 atom stereocenters. The van der Waals surface area contributed by atoms with E-state index in [1.807, 2.05) is 0 Å². The molecule has 0 N–H and O–H groups in total. The first kappa shape index (κ1) is 16.3. The summed E-state index contributed by atoms with van der Waals surface area (Å²) in [4.78, 5) is 16.4. The zero-order valence-electron chi connectivity index (χ0n) is 12.4. The van der Waals surface area contributed by atoms with E-state index in [2.05, 4.69) is 6.92 Å². The molecule has 0 unspecified atom stereocenters. The largest absolute Gasteiger partial charge is 0.527 e. The number of rotatable bonds is 10. The minimum Gasteiger partial charge on any atom is -0.433 e. The summed E-state index contributed by atoms with van der Waals surface area (Å²) >= 11 is 0. The fraction of sp³-hybridized carbons (Fsp3) is 0.933. The topological polar surface area (TPSA) is 38.8 Å². The Morgan fingerprint density at radius 1 is 0.947 bits per heavy atom. The Hall–Kier alpha value is -0.770. The zero-order chi connectivity index (χ0) is 13.8. The van der Waals surface area contributed by atoms with Crippen molar-refractivity contribution in [1.82, 2.24) is 5.06 Å². The Balaban J connectivity index is 1.80. The molecule has 0 bridgehead atoms. The van der Waals surface area contributed by atoms with E-state index in [0.29, 0.717) is 6.61 Å². The van der Waals surface area contributed by atoms with Crippen LogP contribution in [0.25, 0.3) is 0 Å². The van der Waals surface area contributed by atoms with E-state index < -0.39 is 6.16 Å². The van der Waals surface area contributed by atoms with Gasteiger partial charge in [0.1, 0.15) is 0 Å². The van der Waals surface area contributed by atoms with Gasteiger partial charge < -0.3 is 9.57 Å². The first-order chi connectivity index (χ1) is 9.33. The maximum atomic E-state index is 11.3. The average Bonchev–Trinajstić information content (AvgIpc) is 2.89. The van der Waals surface area contributed by atoms with Crippen molar-refractivity contribution in [2.24, 2.45) is 0 Å². The number of hydrogen-bond donors (Lipinski definition) is 0. The van der Waals surface area contributed by atoms with Gasteiger partial charge in [-0.3, -0.25) is 0 Å². The van der Waals surface area contributed by atoms with Crippen molar-refractivity contribution in [3.05, 3.63) is 0 Å². The Labute approximate surface area is 117 Å². The van der Waals surface area contributed by atoms with Crippen LogP contribution in [0.1, 0.15) is 71.1 Å². The highest BCUT2D eigenvalue weighted by Crippen LogP contribution is 2.10. The summed E-state index contributed by atoms with van der Waals surface area (Å²) < 4.78 is 5.05. The lowest BCUT2D eigenvalue weighted by Crippen LogP contribution is -2.24. The van der Waals surface area contributed by atoms with Crippen molar-refractivity contribution in [1.29, 1.82) is 0 Å². The lowest BCUT2D eigenvalue weighted by Gasteiger charge is -2.13. The molecule has 1 saturated heterocycles. The molecule has 1 aliphatic heterocycles. The SMILES string of the molecule is CCCCCCCCCCOC(=O)ON1CCCC1. The van der Waals surface area contributed by atoms with E-state index in [9.17, 15) is 4.79 Å². The van der Waals surface area contributed by atoms with Gasteiger partial charge in [-0.1, -0.05) is 51.9 Å². The quantitative estimate of drug-likeness (QED) is 0.439. The van der Waals surface area contributed by atoms with E-state index in [0.717, 1.165) is 38.8 Å². The molecule has 0 aromatic rings. The van der Waals surface area contributed by atoms with Crippen LogP contribution in [0.5, 0.6) is 0 Å². The molecule has 4 nitrogen and oxygen atoms in total. The lowest BCUT2D eigenvalue weighted by molar-refractivity contribution is -0.112. The van der Waals surface area contributed by atoms with E-state index in [4.69, 9.17) is 9.57 Å². The first-order valence-corrected chi connectivity index (χ1v) is 7.92. The second-order valence-corrected chi connectivity index (χ2v) is 5.30. The smallest absolute Gasteiger partial charge is 0.433 e. The summed E-state index contributed by atoms with van der Waals surface area (Å²) in [5.74, 6) is 0. The van der Waals surface area contributed by atoms with Crippen molar-refractivity contribution in [2.45, 2.75) is 71.1 Å². The molecule has 0 aromatic carbocycles. The van der Waals surface area contributed by atoms with Crippen LogP contribution in [0, 0.1) is 0 Å². The predicted molar refractivity (Wildman–Crippen MR) is 75.9 cm³/mol. The van der Waals surface area contributed by atoms with Crippen molar-refractivity contribution in [3.63, 3.8) is 0 Å². The van der Waals surface area contributed by atoms with Crippen molar-refractivity contribution < 1.29 is 14.4 Å². The van der Waals surface area contributed by atoms with Gasteiger partial charge in [-0.25, -0.2) is 4.79 Å². The van der Waals surface area contributed by atoms with Crippen molar-refractivity contribution >= 4 is 6.16 Å². The molecule has 0 radical (unpaired) electrons. The van der Waals surface area contributed by atoms with Gasteiger partial charge >= 0.3 is 6.16 Å². The van der Waals surface area contributed by atoms with Crippen LogP contribution in [0.2, 0.25) is 0 Å². The number of hydrogen-bond acceptors (Lipinski definition) is 4. The summed E-state index contributed by atoms with van der Waals surface area (Å²) in [7, 11) is 0. The molecule has 0 spiro atoms. The standard InChI is InChI=1S/C15H29NO3/c1-2-3-4-5-6-7-8-11-14-18-15(17)19-16-12-9-10-13-16/h2-14H2,1H3. The molecule has 1 fully saturated rings. The minimum atomic E-state index is -0.537. The fourth-order valence-electron chi connectivity index (χ4n) is 2.30. The Morgan fingerprint density at radius 3 is 2.16 bits per heavy atom. The van der Waals surface area contributed by atoms with Crippen LogP contribution in [0.3, 0.4) is 0 Å². The molecule has 0 amide bonds. The van der Waals surface area contributed by atoms with E-state index in [1.165, 1.54) is 38.5 Å². The van der Waals surface area contributed by atoms with Crippen LogP contribution >= 0.6 is 0 Å². The molecule has 1 rings (SSSR count). The number of unbranched alkanes of at least 4 members (excludes halogenated alkanes) is 7. The second kappa shape index (κ2) is 11.1. The number of carbonyl (C=O) groups is 1. The number of carbonyl (C=O) groups excluding carboxylic acids is 1. The molecule has 19 heavy (non-hydrogen) atoms. The Morgan fingerprint density at radius 2 is 1.53 bits per heavy atom. The molecule has 112 valence electrons. The van der Waals surface area contributed by atoms with Gasteiger partial charge in [0.25, 0.3) is 0 Å². The van der Waals surface area contributed by atoms with E-state index >= 15 is 0 Å². The molecule has 0 saturated carbocycles. The van der Waals surface area contributed by atoms with Crippen molar-refractivity contribution in [2.75, 3.05) is 19.7 Å².